The quantitative estimate of drug-likeness (QED) is 0.314. The van der Waals surface area contributed by atoms with Crippen molar-refractivity contribution < 1.29 is 14.5 Å². The maximum Gasteiger partial charge on any atom is 0.338 e. The smallest absolute Gasteiger partial charge is 0.338 e. The average Bonchev–Trinajstić information content (AvgIpc) is 3.07. The predicted molar refractivity (Wildman–Crippen MR) is 125 cm³/mol. The van der Waals surface area contributed by atoms with Crippen molar-refractivity contribution in [3.8, 4) is 0 Å². The van der Waals surface area contributed by atoms with Crippen LogP contribution in [0.5, 0.6) is 0 Å². The number of nitrogens with zero attached hydrogens (tertiary/aromatic N) is 3. The lowest BCUT2D eigenvalue weighted by Gasteiger charge is -2.24. The van der Waals surface area contributed by atoms with E-state index in [-0.39, 0.29) is 23.4 Å². The molecule has 0 fully saturated rings. The summed E-state index contributed by atoms with van der Waals surface area (Å²) in [5.74, 6) is -0.626. The first kappa shape index (κ1) is 22.6. The number of nitro groups is 1. The molecule has 1 atom stereocenters. The molecular weight excluding hydrogens is 466 g/mol. The Morgan fingerprint density at radius 1 is 1.30 bits per heavy atom. The number of rotatable bonds is 5. The van der Waals surface area contributed by atoms with Gasteiger partial charge in [-0.25, -0.2) is 9.79 Å². The lowest BCUT2D eigenvalue weighted by Crippen LogP contribution is -2.40. The molecule has 0 saturated heterocycles. The van der Waals surface area contributed by atoms with E-state index in [0.29, 0.717) is 25.6 Å². The molecule has 0 amide bonds. The van der Waals surface area contributed by atoms with Crippen LogP contribution < -0.4 is 14.9 Å². The third-order valence-electron chi connectivity index (χ3n) is 5.06. The number of fused-ring (bicyclic) bond motifs is 1. The number of carbonyl (C=O) groups is 1. The topological polar surface area (TPSA) is 104 Å². The highest BCUT2D eigenvalue weighted by atomic mass is 35.5. The van der Waals surface area contributed by atoms with Gasteiger partial charge in [0.1, 0.15) is 0 Å². The van der Waals surface area contributed by atoms with Crippen molar-refractivity contribution in [2.45, 2.75) is 19.9 Å². The average molecular weight is 484 g/mol. The van der Waals surface area contributed by atoms with Gasteiger partial charge in [-0.3, -0.25) is 19.5 Å². The Kier molecular flexibility index (Phi) is 6.26. The summed E-state index contributed by atoms with van der Waals surface area (Å²) >= 11 is 7.23. The second-order valence-corrected chi connectivity index (χ2v) is 8.65. The molecule has 1 unspecified atom stereocenters. The summed E-state index contributed by atoms with van der Waals surface area (Å²) < 4.78 is 7.01. The molecule has 2 heterocycles. The second-order valence-electron chi connectivity index (χ2n) is 7.21. The van der Waals surface area contributed by atoms with E-state index in [0.717, 1.165) is 5.56 Å². The van der Waals surface area contributed by atoms with Gasteiger partial charge in [-0.15, -0.1) is 0 Å². The number of thiazole rings is 1. The van der Waals surface area contributed by atoms with Gasteiger partial charge in [-0.05, 0) is 43.2 Å². The Morgan fingerprint density at radius 3 is 2.76 bits per heavy atom. The molecule has 0 saturated carbocycles. The standard InChI is InChI=1S/C23H18ClN3O5S/c1-3-32-22(29)19-13(2)25-23-26(20(19)15-7-5-9-17(12-15)27(30)31)21(28)18(33-23)11-14-6-4-8-16(24)10-14/h4-12,20H,3H2,1-2H3. The van der Waals surface area contributed by atoms with Crippen molar-refractivity contribution in [1.82, 2.24) is 4.57 Å². The van der Waals surface area contributed by atoms with E-state index in [1.807, 2.05) is 6.07 Å². The van der Waals surface area contributed by atoms with Gasteiger partial charge in [0, 0.05) is 17.2 Å². The van der Waals surface area contributed by atoms with Gasteiger partial charge < -0.3 is 4.74 Å². The fourth-order valence-corrected chi connectivity index (χ4v) is 4.91. The van der Waals surface area contributed by atoms with Gasteiger partial charge in [-0.1, -0.05) is 47.2 Å². The van der Waals surface area contributed by atoms with Gasteiger partial charge >= 0.3 is 5.97 Å². The number of nitro benzene ring substituents is 1. The largest absolute Gasteiger partial charge is 0.463 e. The lowest BCUT2D eigenvalue weighted by molar-refractivity contribution is -0.384. The summed E-state index contributed by atoms with van der Waals surface area (Å²) in [6, 6.07) is 12.0. The molecule has 1 aliphatic heterocycles. The molecule has 0 aliphatic carbocycles. The summed E-state index contributed by atoms with van der Waals surface area (Å²) in [6.45, 7) is 3.47. The third kappa shape index (κ3) is 4.37. The van der Waals surface area contributed by atoms with Crippen molar-refractivity contribution in [3.63, 3.8) is 0 Å². The van der Waals surface area contributed by atoms with Crippen LogP contribution in [0.15, 0.2) is 69.6 Å². The van der Waals surface area contributed by atoms with Crippen molar-refractivity contribution in [2.24, 2.45) is 4.99 Å². The molecule has 33 heavy (non-hydrogen) atoms. The van der Waals surface area contributed by atoms with Crippen LogP contribution in [0.2, 0.25) is 5.02 Å². The summed E-state index contributed by atoms with van der Waals surface area (Å²) in [6.07, 6.45) is 1.70. The Balaban J connectivity index is 1.98. The normalized spacial score (nSPS) is 15.7. The molecule has 0 radical (unpaired) electrons. The highest BCUT2D eigenvalue weighted by Gasteiger charge is 2.34. The minimum atomic E-state index is -0.915. The number of halogens is 1. The maximum atomic E-state index is 13.5. The number of ether oxygens (including phenoxy) is 1. The van der Waals surface area contributed by atoms with E-state index in [4.69, 9.17) is 16.3 Å². The zero-order chi connectivity index (χ0) is 23.7. The first-order valence-electron chi connectivity index (χ1n) is 9.99. The monoisotopic (exact) mass is 483 g/mol. The SMILES string of the molecule is CCOC(=O)C1=C(C)N=c2sc(=Cc3cccc(Cl)c3)c(=O)n2C1c1cccc([N+](=O)[O-])c1. The highest BCUT2D eigenvalue weighted by Crippen LogP contribution is 2.32. The van der Waals surface area contributed by atoms with Gasteiger partial charge in [0.05, 0.1) is 33.4 Å². The van der Waals surface area contributed by atoms with Crippen LogP contribution in [-0.2, 0) is 9.53 Å². The van der Waals surface area contributed by atoms with Crippen LogP contribution in [0.1, 0.15) is 31.0 Å². The number of esters is 1. The molecule has 2 aromatic carbocycles. The third-order valence-corrected chi connectivity index (χ3v) is 6.28. The van der Waals surface area contributed by atoms with Crippen molar-refractivity contribution in [3.05, 3.63) is 106 Å². The van der Waals surface area contributed by atoms with E-state index in [2.05, 4.69) is 4.99 Å². The molecule has 3 aromatic rings. The number of benzene rings is 2. The first-order chi connectivity index (χ1) is 15.8. The van der Waals surface area contributed by atoms with Crippen LogP contribution in [0.4, 0.5) is 5.69 Å². The fraction of sp³-hybridized carbons (Fsp3) is 0.174. The van der Waals surface area contributed by atoms with Crippen LogP contribution >= 0.6 is 22.9 Å². The van der Waals surface area contributed by atoms with Crippen molar-refractivity contribution in [2.75, 3.05) is 6.61 Å². The van der Waals surface area contributed by atoms with Gasteiger partial charge in [-0.2, -0.15) is 0 Å². The Hall–Kier alpha value is -3.56. The molecule has 0 bridgehead atoms. The summed E-state index contributed by atoms with van der Waals surface area (Å²) in [4.78, 5) is 42.1. The summed E-state index contributed by atoms with van der Waals surface area (Å²) in [5.41, 5.74) is 1.19. The molecule has 8 nitrogen and oxygen atoms in total. The molecule has 10 heteroatoms. The maximum absolute atomic E-state index is 13.5. The first-order valence-corrected chi connectivity index (χ1v) is 11.2. The second kappa shape index (κ2) is 9.13. The van der Waals surface area contributed by atoms with Crippen LogP contribution in [0.3, 0.4) is 0 Å². The van der Waals surface area contributed by atoms with Crippen molar-refractivity contribution >= 4 is 40.7 Å². The number of aromatic nitrogens is 1. The molecular formula is C23H18ClN3O5S. The van der Waals surface area contributed by atoms with Gasteiger partial charge in [0.2, 0.25) is 0 Å². The Morgan fingerprint density at radius 2 is 2.06 bits per heavy atom. The minimum absolute atomic E-state index is 0.135. The number of non-ortho nitro benzene ring substituents is 1. The molecule has 168 valence electrons. The number of hydrogen-bond donors (Lipinski definition) is 0. The Bertz CT molecular complexity index is 1490. The van der Waals surface area contributed by atoms with E-state index >= 15 is 0 Å². The van der Waals surface area contributed by atoms with Crippen molar-refractivity contribution in [1.29, 1.82) is 0 Å². The highest BCUT2D eigenvalue weighted by molar-refractivity contribution is 7.07. The van der Waals surface area contributed by atoms with E-state index < -0.39 is 16.9 Å². The molecule has 4 rings (SSSR count). The number of hydrogen-bond acceptors (Lipinski definition) is 7. The van der Waals surface area contributed by atoms with Crippen LogP contribution in [-0.4, -0.2) is 22.1 Å². The molecule has 0 spiro atoms. The molecule has 1 aromatic heterocycles. The predicted octanol–water partition coefficient (Wildman–Crippen LogP) is 3.36. The zero-order valence-corrected chi connectivity index (χ0v) is 19.2. The Labute approximate surface area is 196 Å². The fourth-order valence-electron chi connectivity index (χ4n) is 3.66. The lowest BCUT2D eigenvalue weighted by atomic mass is 9.95. The van der Waals surface area contributed by atoms with Crippen LogP contribution in [0, 0.1) is 10.1 Å². The molecule has 0 N–H and O–H groups in total. The van der Waals surface area contributed by atoms with Gasteiger partial charge in [0.15, 0.2) is 4.80 Å². The molecule has 1 aliphatic rings. The number of carbonyl (C=O) groups excluding carboxylic acids is 1. The zero-order valence-electron chi connectivity index (χ0n) is 17.6. The minimum Gasteiger partial charge on any atom is -0.463 e. The van der Waals surface area contributed by atoms with Crippen LogP contribution in [0.25, 0.3) is 6.08 Å². The van der Waals surface area contributed by atoms with E-state index in [1.54, 1.807) is 44.2 Å². The summed E-state index contributed by atoms with van der Waals surface area (Å²) in [5, 5.41) is 11.9. The van der Waals surface area contributed by atoms with E-state index in [1.165, 1.54) is 34.1 Å². The van der Waals surface area contributed by atoms with Gasteiger partial charge in [0.25, 0.3) is 11.2 Å². The van der Waals surface area contributed by atoms with E-state index in [9.17, 15) is 19.7 Å². The number of allylic oxidation sites excluding steroid dienone is 1. The summed E-state index contributed by atoms with van der Waals surface area (Å²) in [7, 11) is 0.